The summed E-state index contributed by atoms with van der Waals surface area (Å²) in [6, 6.07) is 16.9. The maximum atomic E-state index is 12.7. The Morgan fingerprint density at radius 1 is 1.03 bits per heavy atom. The number of carboxylic acids is 1. The van der Waals surface area contributed by atoms with Crippen LogP contribution in [0.3, 0.4) is 0 Å². The molecule has 0 bridgehead atoms. The number of carbonyl (C=O) groups excluding carboxylic acids is 2. The van der Waals surface area contributed by atoms with E-state index in [2.05, 4.69) is 5.32 Å². The molecule has 1 saturated heterocycles. The first kappa shape index (κ1) is 20.6. The van der Waals surface area contributed by atoms with Gasteiger partial charge in [0.15, 0.2) is 0 Å². The molecule has 0 radical (unpaired) electrons. The number of hydrogen-bond donors (Lipinski definition) is 2. The minimum absolute atomic E-state index is 0.0457. The zero-order valence-electron chi connectivity index (χ0n) is 16.3. The van der Waals surface area contributed by atoms with Crippen LogP contribution >= 0.6 is 0 Å². The van der Waals surface area contributed by atoms with Gasteiger partial charge in [-0.15, -0.1) is 0 Å². The highest BCUT2D eigenvalue weighted by molar-refractivity contribution is 5.93. The lowest BCUT2D eigenvalue weighted by atomic mass is 9.96. The van der Waals surface area contributed by atoms with Crippen molar-refractivity contribution in [2.75, 3.05) is 18.4 Å². The SMILES string of the molecule is O=C(O)CCc1cccc(NC(=O)C2CCCN(C(=O)Cc3ccccc3)C2)c1. The van der Waals surface area contributed by atoms with Gasteiger partial charge in [-0.25, -0.2) is 0 Å². The third-order valence-electron chi connectivity index (χ3n) is 5.17. The molecular weight excluding hydrogens is 368 g/mol. The van der Waals surface area contributed by atoms with Gasteiger partial charge in [-0.05, 0) is 42.5 Å². The van der Waals surface area contributed by atoms with Crippen molar-refractivity contribution < 1.29 is 19.5 Å². The van der Waals surface area contributed by atoms with E-state index in [9.17, 15) is 14.4 Å². The first-order valence-electron chi connectivity index (χ1n) is 9.94. The van der Waals surface area contributed by atoms with Crippen LogP contribution < -0.4 is 5.32 Å². The van der Waals surface area contributed by atoms with Gasteiger partial charge in [0.2, 0.25) is 11.8 Å². The predicted octanol–water partition coefficient (Wildman–Crippen LogP) is 3.12. The number of aryl methyl sites for hydroxylation is 1. The zero-order valence-corrected chi connectivity index (χ0v) is 16.3. The number of nitrogens with one attached hydrogen (secondary N) is 1. The minimum Gasteiger partial charge on any atom is -0.481 e. The van der Waals surface area contributed by atoms with Crippen LogP contribution in [0.4, 0.5) is 5.69 Å². The quantitative estimate of drug-likeness (QED) is 0.755. The first-order valence-corrected chi connectivity index (χ1v) is 9.94. The Hall–Kier alpha value is -3.15. The number of benzene rings is 2. The van der Waals surface area contributed by atoms with E-state index in [1.807, 2.05) is 48.5 Å². The highest BCUT2D eigenvalue weighted by Gasteiger charge is 2.28. The number of carbonyl (C=O) groups is 3. The van der Waals surface area contributed by atoms with Crippen LogP contribution in [0, 0.1) is 5.92 Å². The summed E-state index contributed by atoms with van der Waals surface area (Å²) in [6.07, 6.45) is 2.38. The van der Waals surface area contributed by atoms with Crippen molar-refractivity contribution in [3.8, 4) is 0 Å². The molecule has 1 heterocycles. The molecule has 2 aromatic carbocycles. The monoisotopic (exact) mass is 394 g/mol. The number of nitrogens with zero attached hydrogens (tertiary/aromatic N) is 1. The molecule has 0 aromatic heterocycles. The van der Waals surface area contributed by atoms with Crippen LogP contribution in [0.15, 0.2) is 54.6 Å². The predicted molar refractivity (Wildman–Crippen MR) is 110 cm³/mol. The summed E-state index contributed by atoms with van der Waals surface area (Å²) < 4.78 is 0. The van der Waals surface area contributed by atoms with E-state index in [1.165, 1.54) is 0 Å². The Balaban J connectivity index is 1.56. The van der Waals surface area contributed by atoms with Crippen LogP contribution in [-0.4, -0.2) is 40.9 Å². The van der Waals surface area contributed by atoms with Gasteiger partial charge < -0.3 is 15.3 Å². The van der Waals surface area contributed by atoms with Crippen LogP contribution in [-0.2, 0) is 27.2 Å². The van der Waals surface area contributed by atoms with E-state index in [0.29, 0.717) is 31.6 Å². The summed E-state index contributed by atoms with van der Waals surface area (Å²) in [6.45, 7) is 1.11. The first-order chi connectivity index (χ1) is 14.0. The van der Waals surface area contributed by atoms with Gasteiger partial charge in [-0.2, -0.15) is 0 Å². The molecule has 152 valence electrons. The van der Waals surface area contributed by atoms with Crippen molar-refractivity contribution in [1.82, 2.24) is 4.90 Å². The lowest BCUT2D eigenvalue weighted by molar-refractivity contribution is -0.137. The topological polar surface area (TPSA) is 86.7 Å². The second-order valence-electron chi connectivity index (χ2n) is 7.42. The Morgan fingerprint density at radius 2 is 1.79 bits per heavy atom. The summed E-state index contributed by atoms with van der Waals surface area (Å²) in [5, 5.41) is 11.7. The zero-order chi connectivity index (χ0) is 20.6. The fourth-order valence-corrected chi connectivity index (χ4v) is 3.60. The third-order valence-corrected chi connectivity index (χ3v) is 5.17. The van der Waals surface area contributed by atoms with Crippen LogP contribution in [0.2, 0.25) is 0 Å². The van der Waals surface area contributed by atoms with Crippen molar-refractivity contribution in [2.24, 2.45) is 5.92 Å². The molecule has 0 saturated carbocycles. The molecule has 2 N–H and O–H groups in total. The van der Waals surface area contributed by atoms with Crippen molar-refractivity contribution >= 4 is 23.5 Å². The summed E-state index contributed by atoms with van der Waals surface area (Å²) >= 11 is 0. The second-order valence-corrected chi connectivity index (χ2v) is 7.42. The molecule has 1 aliphatic rings. The van der Waals surface area contributed by atoms with Crippen molar-refractivity contribution in [3.63, 3.8) is 0 Å². The van der Waals surface area contributed by atoms with E-state index < -0.39 is 5.97 Å². The van der Waals surface area contributed by atoms with Crippen LogP contribution in [0.1, 0.15) is 30.4 Å². The standard InChI is InChI=1S/C23H26N2O4/c26-21(15-17-6-2-1-3-7-17)25-13-5-9-19(16-25)23(29)24-20-10-4-8-18(14-20)11-12-22(27)28/h1-4,6-8,10,14,19H,5,9,11-13,15-16H2,(H,24,29)(H,27,28). The lowest BCUT2D eigenvalue weighted by Gasteiger charge is -2.32. The van der Waals surface area contributed by atoms with E-state index in [4.69, 9.17) is 5.11 Å². The summed E-state index contributed by atoms with van der Waals surface area (Å²) in [4.78, 5) is 37.9. The fourth-order valence-electron chi connectivity index (χ4n) is 3.60. The number of anilines is 1. The van der Waals surface area contributed by atoms with Gasteiger partial charge >= 0.3 is 5.97 Å². The van der Waals surface area contributed by atoms with Gasteiger partial charge in [0.25, 0.3) is 0 Å². The van der Waals surface area contributed by atoms with Crippen molar-refractivity contribution in [3.05, 3.63) is 65.7 Å². The van der Waals surface area contributed by atoms with Crippen LogP contribution in [0.25, 0.3) is 0 Å². The molecule has 1 atom stereocenters. The number of aliphatic carboxylic acids is 1. The van der Waals surface area contributed by atoms with E-state index in [-0.39, 0.29) is 24.2 Å². The maximum Gasteiger partial charge on any atom is 0.303 e. The molecule has 0 spiro atoms. The number of amides is 2. The molecule has 2 aromatic rings. The van der Waals surface area contributed by atoms with Gasteiger partial charge in [0.1, 0.15) is 0 Å². The average molecular weight is 394 g/mol. The molecule has 29 heavy (non-hydrogen) atoms. The molecule has 3 rings (SSSR count). The molecule has 2 amide bonds. The summed E-state index contributed by atoms with van der Waals surface area (Å²) in [5.74, 6) is -1.14. The van der Waals surface area contributed by atoms with Gasteiger partial charge in [-0.1, -0.05) is 42.5 Å². The van der Waals surface area contributed by atoms with E-state index in [1.54, 1.807) is 11.0 Å². The van der Waals surface area contributed by atoms with Crippen molar-refractivity contribution in [2.45, 2.75) is 32.1 Å². The fraction of sp³-hybridized carbons (Fsp3) is 0.348. The molecule has 6 heteroatoms. The normalized spacial score (nSPS) is 16.3. The summed E-state index contributed by atoms with van der Waals surface area (Å²) in [5.41, 5.74) is 2.50. The van der Waals surface area contributed by atoms with Gasteiger partial charge in [0.05, 0.1) is 12.3 Å². The van der Waals surface area contributed by atoms with Gasteiger partial charge in [0, 0.05) is 25.2 Å². The van der Waals surface area contributed by atoms with Crippen molar-refractivity contribution in [1.29, 1.82) is 0 Å². The number of hydrogen-bond acceptors (Lipinski definition) is 3. The van der Waals surface area contributed by atoms with E-state index >= 15 is 0 Å². The smallest absolute Gasteiger partial charge is 0.303 e. The van der Waals surface area contributed by atoms with Gasteiger partial charge in [-0.3, -0.25) is 14.4 Å². The number of carboxylic acid groups (broad SMARTS) is 1. The lowest BCUT2D eigenvalue weighted by Crippen LogP contribution is -2.44. The Kier molecular flexibility index (Phi) is 7.00. The molecule has 0 aliphatic carbocycles. The highest BCUT2D eigenvalue weighted by atomic mass is 16.4. The number of piperidine rings is 1. The second kappa shape index (κ2) is 9.87. The average Bonchev–Trinajstić information content (AvgIpc) is 2.73. The molecule has 6 nitrogen and oxygen atoms in total. The molecule has 1 aliphatic heterocycles. The summed E-state index contributed by atoms with van der Waals surface area (Å²) in [7, 11) is 0. The molecular formula is C23H26N2O4. The highest BCUT2D eigenvalue weighted by Crippen LogP contribution is 2.20. The molecule has 1 unspecified atom stereocenters. The Labute approximate surface area is 170 Å². The number of likely N-dealkylation sites (tertiary alicyclic amines) is 1. The van der Waals surface area contributed by atoms with Crippen LogP contribution in [0.5, 0.6) is 0 Å². The largest absolute Gasteiger partial charge is 0.481 e. The number of rotatable bonds is 7. The Bertz CT molecular complexity index is 866. The Morgan fingerprint density at radius 3 is 2.55 bits per heavy atom. The third kappa shape index (κ3) is 6.17. The molecule has 1 fully saturated rings. The minimum atomic E-state index is -0.845. The maximum absolute atomic E-state index is 12.7. The van der Waals surface area contributed by atoms with E-state index in [0.717, 1.165) is 24.0 Å².